The topological polar surface area (TPSA) is 32.6 Å². The van der Waals surface area contributed by atoms with E-state index in [2.05, 4.69) is 42.4 Å². The van der Waals surface area contributed by atoms with Crippen molar-refractivity contribution in [3.8, 4) is 0 Å². The van der Waals surface area contributed by atoms with Gasteiger partial charge in [0, 0.05) is 22.8 Å². The summed E-state index contributed by atoms with van der Waals surface area (Å²) in [6.07, 6.45) is 6.05. The highest BCUT2D eigenvalue weighted by Crippen LogP contribution is 2.51. The molecule has 2 aliphatic rings. The number of thioether (sulfide) groups is 1. The molecule has 2 fully saturated rings. The minimum absolute atomic E-state index is 0.236. The van der Waals surface area contributed by atoms with E-state index in [1.807, 2.05) is 11.8 Å². The fourth-order valence-corrected chi connectivity index (χ4v) is 4.28. The van der Waals surface area contributed by atoms with Gasteiger partial charge in [-0.25, -0.2) is 0 Å². The molecule has 0 spiro atoms. The lowest BCUT2D eigenvalue weighted by atomic mass is 9.96. The van der Waals surface area contributed by atoms with Gasteiger partial charge in [0.1, 0.15) is 0 Å². The average molecular weight is 289 g/mol. The van der Waals surface area contributed by atoms with Crippen molar-refractivity contribution in [1.29, 1.82) is 0 Å². The Bertz CT molecular complexity index is 479. The van der Waals surface area contributed by atoms with E-state index in [9.17, 15) is 5.21 Å². The van der Waals surface area contributed by atoms with E-state index in [1.165, 1.54) is 31.2 Å². The SMILES string of the molecule is C[C@](C/C(=N\O)C1CC1)(SCc1ccccc1)C1CC1. The van der Waals surface area contributed by atoms with Gasteiger partial charge in [0.05, 0.1) is 5.71 Å². The van der Waals surface area contributed by atoms with Crippen LogP contribution in [-0.2, 0) is 5.75 Å². The Labute approximate surface area is 125 Å². The summed E-state index contributed by atoms with van der Waals surface area (Å²) >= 11 is 2.04. The fourth-order valence-electron chi connectivity index (χ4n) is 2.87. The predicted octanol–water partition coefficient (Wildman–Crippen LogP) is 4.72. The van der Waals surface area contributed by atoms with Gasteiger partial charge in [-0.05, 0) is 44.1 Å². The van der Waals surface area contributed by atoms with Gasteiger partial charge in [-0.15, -0.1) is 11.8 Å². The number of benzene rings is 1. The van der Waals surface area contributed by atoms with Crippen molar-refractivity contribution in [3.05, 3.63) is 35.9 Å². The first-order valence-corrected chi connectivity index (χ1v) is 8.58. The van der Waals surface area contributed by atoms with Gasteiger partial charge in [-0.2, -0.15) is 0 Å². The highest BCUT2D eigenvalue weighted by Gasteiger charge is 2.44. The third-order valence-corrected chi connectivity index (χ3v) is 6.18. The molecule has 1 aromatic carbocycles. The quantitative estimate of drug-likeness (QED) is 0.447. The van der Waals surface area contributed by atoms with Gasteiger partial charge in [0.2, 0.25) is 0 Å². The second kappa shape index (κ2) is 5.80. The smallest absolute Gasteiger partial charge is 0.0615 e. The molecule has 0 bridgehead atoms. The molecule has 0 unspecified atom stereocenters. The molecule has 0 heterocycles. The van der Waals surface area contributed by atoms with Gasteiger partial charge in [0.25, 0.3) is 0 Å². The lowest BCUT2D eigenvalue weighted by Crippen LogP contribution is -2.28. The maximum Gasteiger partial charge on any atom is 0.0615 e. The fraction of sp³-hybridized carbons (Fsp3) is 0.588. The minimum atomic E-state index is 0.236. The summed E-state index contributed by atoms with van der Waals surface area (Å²) in [4.78, 5) is 0. The van der Waals surface area contributed by atoms with Gasteiger partial charge in [-0.3, -0.25) is 0 Å². The lowest BCUT2D eigenvalue weighted by Gasteiger charge is -2.29. The Balaban J connectivity index is 1.64. The van der Waals surface area contributed by atoms with E-state index in [0.29, 0.717) is 5.92 Å². The van der Waals surface area contributed by atoms with Gasteiger partial charge < -0.3 is 5.21 Å². The monoisotopic (exact) mass is 289 g/mol. The molecule has 0 amide bonds. The van der Waals surface area contributed by atoms with Crippen molar-refractivity contribution in [1.82, 2.24) is 0 Å². The highest BCUT2D eigenvalue weighted by molar-refractivity contribution is 7.99. The highest BCUT2D eigenvalue weighted by atomic mass is 32.2. The summed E-state index contributed by atoms with van der Waals surface area (Å²) in [6, 6.07) is 10.7. The zero-order chi connectivity index (χ0) is 14.0. The Morgan fingerprint density at radius 2 is 1.95 bits per heavy atom. The second-order valence-electron chi connectivity index (χ2n) is 6.40. The second-order valence-corrected chi connectivity index (χ2v) is 7.91. The molecule has 2 aliphatic carbocycles. The summed E-state index contributed by atoms with van der Waals surface area (Å²) in [5.41, 5.74) is 2.43. The van der Waals surface area contributed by atoms with Crippen molar-refractivity contribution in [2.24, 2.45) is 17.0 Å². The van der Waals surface area contributed by atoms with E-state index in [4.69, 9.17) is 0 Å². The molecule has 1 atom stereocenters. The third-order valence-electron chi connectivity index (χ3n) is 4.56. The molecule has 1 aromatic rings. The lowest BCUT2D eigenvalue weighted by molar-refractivity contribution is 0.314. The molecular weight excluding hydrogens is 266 g/mol. The summed E-state index contributed by atoms with van der Waals surface area (Å²) in [7, 11) is 0. The molecule has 108 valence electrons. The van der Waals surface area contributed by atoms with Crippen LogP contribution in [-0.4, -0.2) is 15.7 Å². The third kappa shape index (κ3) is 3.38. The van der Waals surface area contributed by atoms with Crippen LogP contribution in [0.4, 0.5) is 0 Å². The van der Waals surface area contributed by atoms with Crippen LogP contribution in [0.3, 0.4) is 0 Å². The van der Waals surface area contributed by atoms with E-state index >= 15 is 0 Å². The molecule has 3 heteroatoms. The van der Waals surface area contributed by atoms with Crippen molar-refractivity contribution >= 4 is 17.5 Å². The predicted molar refractivity (Wildman–Crippen MR) is 85.4 cm³/mol. The van der Waals surface area contributed by atoms with Crippen LogP contribution in [0.15, 0.2) is 35.5 Å². The van der Waals surface area contributed by atoms with Crippen LogP contribution >= 0.6 is 11.8 Å². The summed E-state index contributed by atoms with van der Waals surface area (Å²) in [5.74, 6) is 2.42. The zero-order valence-corrected chi connectivity index (χ0v) is 12.9. The molecule has 20 heavy (non-hydrogen) atoms. The first kappa shape index (κ1) is 14.0. The zero-order valence-electron chi connectivity index (χ0n) is 12.1. The molecule has 1 N–H and O–H groups in total. The number of hydrogen-bond donors (Lipinski definition) is 1. The standard InChI is InChI=1S/C17H23NOS/c1-17(15-9-10-15,11-16(18-19)14-7-8-14)20-12-13-5-3-2-4-6-13/h2-6,14-15,19H,7-12H2,1H3/b18-16+/t17-/m1/s1. The molecule has 0 saturated heterocycles. The Hall–Kier alpha value is -0.960. The van der Waals surface area contributed by atoms with Gasteiger partial charge in [-0.1, -0.05) is 35.5 Å². The minimum Gasteiger partial charge on any atom is -0.411 e. The number of rotatable bonds is 7. The first-order valence-electron chi connectivity index (χ1n) is 7.60. The van der Waals surface area contributed by atoms with Crippen molar-refractivity contribution in [2.75, 3.05) is 0 Å². The molecule has 0 aromatic heterocycles. The van der Waals surface area contributed by atoms with Crippen LogP contribution in [0.1, 0.15) is 44.6 Å². The summed E-state index contributed by atoms with van der Waals surface area (Å²) < 4.78 is 0.236. The normalized spacial score (nSPS) is 22.6. The molecule has 3 rings (SSSR count). The van der Waals surface area contributed by atoms with Crippen molar-refractivity contribution < 1.29 is 5.21 Å². The maximum absolute atomic E-state index is 9.27. The van der Waals surface area contributed by atoms with Crippen molar-refractivity contribution in [2.45, 2.75) is 49.5 Å². The van der Waals surface area contributed by atoms with Crippen molar-refractivity contribution in [3.63, 3.8) is 0 Å². The average Bonchev–Trinajstić information content (AvgIpc) is 3.34. The van der Waals surface area contributed by atoms with E-state index in [0.717, 1.165) is 23.8 Å². The molecule has 2 nitrogen and oxygen atoms in total. The Morgan fingerprint density at radius 3 is 2.50 bits per heavy atom. The molecule has 2 saturated carbocycles. The number of nitrogens with zero attached hydrogens (tertiary/aromatic N) is 1. The molecule has 0 radical (unpaired) electrons. The largest absolute Gasteiger partial charge is 0.411 e. The molecule has 0 aliphatic heterocycles. The number of oxime groups is 1. The van der Waals surface area contributed by atoms with E-state index < -0.39 is 0 Å². The van der Waals surface area contributed by atoms with Crippen LogP contribution in [0.2, 0.25) is 0 Å². The summed E-state index contributed by atoms with van der Waals surface area (Å²) in [5, 5.41) is 12.9. The first-order chi connectivity index (χ1) is 9.71. The van der Waals surface area contributed by atoms with Crippen LogP contribution in [0.5, 0.6) is 0 Å². The van der Waals surface area contributed by atoms with Crippen LogP contribution in [0, 0.1) is 11.8 Å². The Morgan fingerprint density at radius 1 is 1.25 bits per heavy atom. The van der Waals surface area contributed by atoms with Gasteiger partial charge >= 0.3 is 0 Å². The summed E-state index contributed by atoms with van der Waals surface area (Å²) in [6.45, 7) is 2.37. The van der Waals surface area contributed by atoms with Gasteiger partial charge in [0.15, 0.2) is 0 Å². The van der Waals surface area contributed by atoms with Crippen LogP contribution < -0.4 is 0 Å². The Kier molecular flexibility index (Phi) is 4.06. The van der Waals surface area contributed by atoms with E-state index in [1.54, 1.807) is 0 Å². The van der Waals surface area contributed by atoms with E-state index in [-0.39, 0.29) is 4.75 Å². The maximum atomic E-state index is 9.27. The van der Waals surface area contributed by atoms with Crippen LogP contribution in [0.25, 0.3) is 0 Å². The number of hydrogen-bond acceptors (Lipinski definition) is 3. The molecular formula is C17H23NOS.